The molecule has 0 aromatic heterocycles. The Morgan fingerprint density at radius 3 is 1.86 bits per heavy atom. The first-order valence-corrected chi connectivity index (χ1v) is 2.66. The molecule has 1 aromatic rings. The molecule has 0 amide bonds. The molecule has 0 unspecified atom stereocenters. The Balaban J connectivity index is 3.02. The van der Waals surface area contributed by atoms with E-state index in [0.29, 0.717) is 0 Å². The Kier molecular flexibility index (Phi) is 1.27. The summed E-state index contributed by atoms with van der Waals surface area (Å²) in [5, 5.41) is 1.13. The van der Waals surface area contributed by atoms with Gasteiger partial charge >= 0.3 is 0 Å². The molecule has 1 heteroatoms. The fourth-order valence-corrected chi connectivity index (χ4v) is 0.631. The van der Waals surface area contributed by atoms with Gasteiger partial charge in [0.05, 0.1) is 10.2 Å². The maximum absolute atomic E-state index is 3.36. The predicted molar refractivity (Wildman–Crippen MR) is 31.8 cm³/mol. The summed E-state index contributed by atoms with van der Waals surface area (Å²) in [6.07, 6.45) is 0. The number of hydrogen-bond acceptors (Lipinski definition) is 0. The van der Waals surface area contributed by atoms with Crippen LogP contribution in [-0.2, 0) is 0 Å². The van der Waals surface area contributed by atoms with Crippen molar-refractivity contribution in [2.75, 3.05) is 0 Å². The minimum Gasteiger partial charge on any atom is -0.0674 e. The van der Waals surface area contributed by atoms with E-state index in [2.05, 4.69) is 10.2 Å². The van der Waals surface area contributed by atoms with Crippen LogP contribution in [0.4, 0.5) is 0 Å². The third-order valence-electron chi connectivity index (χ3n) is 0.774. The van der Waals surface area contributed by atoms with E-state index in [1.54, 1.807) is 0 Å². The standard InChI is InChI=1S/C6H5Si/c7-6-4-2-1-3-5-6/h1-5H. The van der Waals surface area contributed by atoms with Crippen molar-refractivity contribution in [1.82, 2.24) is 0 Å². The summed E-state index contributed by atoms with van der Waals surface area (Å²) in [6.45, 7) is 0. The largest absolute Gasteiger partial charge is 0.0711 e. The van der Waals surface area contributed by atoms with Crippen LogP contribution in [0, 0.1) is 0 Å². The Morgan fingerprint density at radius 1 is 1.00 bits per heavy atom. The molecule has 0 saturated heterocycles. The minimum absolute atomic E-state index is 1.13. The predicted octanol–water partition coefficient (Wildman–Crippen LogP) is 0.480. The summed E-state index contributed by atoms with van der Waals surface area (Å²) < 4.78 is 0. The van der Waals surface area contributed by atoms with E-state index in [1.165, 1.54) is 0 Å². The van der Waals surface area contributed by atoms with Crippen molar-refractivity contribution in [3.05, 3.63) is 30.3 Å². The molecule has 33 valence electrons. The molecule has 0 heterocycles. The van der Waals surface area contributed by atoms with Gasteiger partial charge in [0, 0.05) is 0 Å². The van der Waals surface area contributed by atoms with Crippen molar-refractivity contribution < 1.29 is 0 Å². The van der Waals surface area contributed by atoms with Crippen molar-refractivity contribution in [1.29, 1.82) is 0 Å². The smallest absolute Gasteiger partial charge is 0.0674 e. The fourth-order valence-electron chi connectivity index (χ4n) is 0.438. The van der Waals surface area contributed by atoms with E-state index in [4.69, 9.17) is 0 Å². The summed E-state index contributed by atoms with van der Waals surface area (Å²) >= 11 is 0. The molecule has 0 fully saturated rings. The summed E-state index contributed by atoms with van der Waals surface area (Å²) in [4.78, 5) is 0. The second kappa shape index (κ2) is 1.94. The molecule has 0 N–H and O–H groups in total. The summed E-state index contributed by atoms with van der Waals surface area (Å²) in [6, 6.07) is 9.96. The van der Waals surface area contributed by atoms with Crippen LogP contribution in [0.5, 0.6) is 0 Å². The van der Waals surface area contributed by atoms with Crippen molar-refractivity contribution in [2.45, 2.75) is 0 Å². The van der Waals surface area contributed by atoms with Crippen LogP contribution >= 0.6 is 0 Å². The molecule has 0 atom stereocenters. The van der Waals surface area contributed by atoms with Crippen LogP contribution in [-0.4, -0.2) is 10.2 Å². The first-order chi connectivity index (χ1) is 3.39. The maximum atomic E-state index is 3.36. The Labute approximate surface area is 46.6 Å². The van der Waals surface area contributed by atoms with Crippen LogP contribution in [0.3, 0.4) is 0 Å². The highest BCUT2D eigenvalue weighted by Gasteiger charge is 1.72. The molecule has 0 aliphatic rings. The van der Waals surface area contributed by atoms with Crippen molar-refractivity contribution in [2.24, 2.45) is 0 Å². The number of benzene rings is 1. The Hall–Kier alpha value is -0.563. The monoisotopic (exact) mass is 105 g/mol. The third-order valence-corrected chi connectivity index (χ3v) is 1.11. The number of rotatable bonds is 0. The topological polar surface area (TPSA) is 0 Å². The van der Waals surface area contributed by atoms with Gasteiger partial charge in [-0.15, -0.1) is 0 Å². The van der Waals surface area contributed by atoms with E-state index in [1.807, 2.05) is 30.3 Å². The van der Waals surface area contributed by atoms with Crippen LogP contribution < -0.4 is 5.19 Å². The molecular formula is C6H5Si. The van der Waals surface area contributed by atoms with Gasteiger partial charge in [0.25, 0.3) is 0 Å². The first-order valence-electron chi connectivity index (χ1n) is 2.16. The van der Waals surface area contributed by atoms with Gasteiger partial charge < -0.3 is 0 Å². The van der Waals surface area contributed by atoms with Gasteiger partial charge in [-0.2, -0.15) is 0 Å². The SMILES string of the molecule is [Si]c1ccccc1. The number of hydrogen-bond donors (Lipinski definition) is 0. The minimum atomic E-state index is 1.13. The third kappa shape index (κ3) is 1.16. The zero-order valence-corrected chi connectivity index (χ0v) is 4.89. The second-order valence-electron chi connectivity index (χ2n) is 1.37. The first kappa shape index (κ1) is 4.59. The lowest BCUT2D eigenvalue weighted by molar-refractivity contribution is 1.78. The van der Waals surface area contributed by atoms with Crippen LogP contribution in [0.15, 0.2) is 30.3 Å². The van der Waals surface area contributed by atoms with Gasteiger partial charge in [-0.3, -0.25) is 0 Å². The van der Waals surface area contributed by atoms with E-state index in [-0.39, 0.29) is 0 Å². The fraction of sp³-hybridized carbons (Fsp3) is 0. The van der Waals surface area contributed by atoms with Crippen LogP contribution in [0.1, 0.15) is 0 Å². The van der Waals surface area contributed by atoms with Crippen molar-refractivity contribution in [3.8, 4) is 0 Å². The summed E-state index contributed by atoms with van der Waals surface area (Å²) in [5.41, 5.74) is 0. The summed E-state index contributed by atoms with van der Waals surface area (Å²) in [7, 11) is 3.36. The average molecular weight is 105 g/mol. The highest BCUT2D eigenvalue weighted by molar-refractivity contribution is 6.32. The molecule has 7 heavy (non-hydrogen) atoms. The highest BCUT2D eigenvalue weighted by atomic mass is 28.1. The van der Waals surface area contributed by atoms with E-state index >= 15 is 0 Å². The molecular weight excluding hydrogens is 100 g/mol. The molecule has 0 spiro atoms. The van der Waals surface area contributed by atoms with E-state index in [9.17, 15) is 0 Å². The highest BCUT2D eigenvalue weighted by Crippen LogP contribution is 1.76. The molecule has 0 saturated carbocycles. The van der Waals surface area contributed by atoms with Gasteiger partial charge in [-0.05, 0) is 0 Å². The second-order valence-corrected chi connectivity index (χ2v) is 1.94. The lowest BCUT2D eigenvalue weighted by Crippen LogP contribution is -1.97. The van der Waals surface area contributed by atoms with E-state index in [0.717, 1.165) is 5.19 Å². The maximum Gasteiger partial charge on any atom is 0.0711 e. The quantitative estimate of drug-likeness (QED) is 0.421. The van der Waals surface area contributed by atoms with Gasteiger partial charge in [-0.25, -0.2) is 0 Å². The van der Waals surface area contributed by atoms with E-state index < -0.39 is 0 Å². The molecule has 0 aliphatic heterocycles. The molecule has 0 nitrogen and oxygen atoms in total. The van der Waals surface area contributed by atoms with Gasteiger partial charge in [0.1, 0.15) is 0 Å². The zero-order chi connectivity index (χ0) is 5.11. The van der Waals surface area contributed by atoms with Gasteiger partial charge in [0.2, 0.25) is 0 Å². The van der Waals surface area contributed by atoms with Crippen LogP contribution in [0.2, 0.25) is 0 Å². The average Bonchev–Trinajstić information content (AvgIpc) is 1.69. The Morgan fingerprint density at radius 2 is 1.57 bits per heavy atom. The van der Waals surface area contributed by atoms with Crippen molar-refractivity contribution in [3.63, 3.8) is 0 Å². The van der Waals surface area contributed by atoms with Crippen molar-refractivity contribution >= 4 is 15.4 Å². The lowest BCUT2D eigenvalue weighted by Gasteiger charge is -1.82. The molecule has 0 bridgehead atoms. The zero-order valence-electron chi connectivity index (χ0n) is 3.89. The van der Waals surface area contributed by atoms with Gasteiger partial charge in [0.15, 0.2) is 0 Å². The summed E-state index contributed by atoms with van der Waals surface area (Å²) in [5.74, 6) is 0. The molecule has 3 radical (unpaired) electrons. The van der Waals surface area contributed by atoms with Gasteiger partial charge in [-0.1, -0.05) is 35.5 Å². The normalized spacial score (nSPS) is 8.71. The molecule has 1 aromatic carbocycles. The lowest BCUT2D eigenvalue weighted by atomic mass is 10.4. The molecule has 0 aliphatic carbocycles. The Bertz CT molecular complexity index is 134. The van der Waals surface area contributed by atoms with Crippen LogP contribution in [0.25, 0.3) is 0 Å². The molecule has 1 rings (SSSR count).